The highest BCUT2D eigenvalue weighted by molar-refractivity contribution is 5.77. The van der Waals surface area contributed by atoms with Gasteiger partial charge in [0, 0.05) is 0 Å². The number of nitrogens with zero attached hydrogens (tertiary/aromatic N) is 1. The van der Waals surface area contributed by atoms with Gasteiger partial charge in [-0.25, -0.2) is 0 Å². The molecule has 2 N–H and O–H groups in total. The molecule has 26 heavy (non-hydrogen) atoms. The van der Waals surface area contributed by atoms with E-state index in [0.717, 1.165) is 11.3 Å². The first kappa shape index (κ1) is 19.3. The molecule has 2 rings (SSSR count). The number of rotatable bonds is 8. The third-order valence-corrected chi connectivity index (χ3v) is 4.07. The van der Waals surface area contributed by atoms with Gasteiger partial charge in [0.05, 0.1) is 44.9 Å². The monoisotopic (exact) mass is 354 g/mol. The van der Waals surface area contributed by atoms with Crippen molar-refractivity contribution in [1.82, 2.24) is 5.32 Å². The molecule has 0 aliphatic rings. The predicted molar refractivity (Wildman–Crippen MR) is 98.2 cm³/mol. The Kier molecular flexibility index (Phi) is 7.01. The van der Waals surface area contributed by atoms with Crippen LogP contribution in [0.4, 0.5) is 0 Å². The molecule has 0 aliphatic heterocycles. The molecule has 0 radical (unpaired) electrons. The summed E-state index contributed by atoms with van der Waals surface area (Å²) in [7, 11) is 5.72. The summed E-state index contributed by atoms with van der Waals surface area (Å²) in [6.45, 7) is 0.394. The molecule has 136 valence electrons. The van der Waals surface area contributed by atoms with E-state index in [1.165, 1.54) is 4.90 Å². The summed E-state index contributed by atoms with van der Waals surface area (Å²) in [4.78, 5) is 13.3. The predicted octanol–water partition coefficient (Wildman–Crippen LogP) is 0.948. The van der Waals surface area contributed by atoms with Crippen molar-refractivity contribution >= 4 is 5.91 Å². The zero-order chi connectivity index (χ0) is 18.9. The van der Waals surface area contributed by atoms with Gasteiger partial charge in [0.25, 0.3) is 5.91 Å². The first-order chi connectivity index (χ1) is 12.5. The van der Waals surface area contributed by atoms with E-state index in [1.54, 1.807) is 31.4 Å². The van der Waals surface area contributed by atoms with E-state index in [-0.39, 0.29) is 18.6 Å². The highest BCUT2D eigenvalue weighted by Gasteiger charge is 2.22. The van der Waals surface area contributed by atoms with Crippen LogP contribution < -0.4 is 19.7 Å². The number of benzene rings is 2. The number of nitrogens with one attached hydrogen (secondary N) is 2. The second-order valence-electron chi connectivity index (χ2n) is 6.10. The normalized spacial score (nSPS) is 11.5. The number of nitriles is 1. The number of likely N-dealkylation sites (N-methyl/N-ethyl adjacent to an activating group) is 1. The Morgan fingerprint density at radius 2 is 1.88 bits per heavy atom. The highest BCUT2D eigenvalue weighted by Crippen LogP contribution is 2.22. The van der Waals surface area contributed by atoms with Crippen LogP contribution in [0.2, 0.25) is 0 Å². The maximum absolute atomic E-state index is 12.1. The summed E-state index contributed by atoms with van der Waals surface area (Å²) < 4.78 is 10.9. The van der Waals surface area contributed by atoms with Crippen LogP contribution in [0.1, 0.15) is 17.2 Å². The van der Waals surface area contributed by atoms with Gasteiger partial charge in [-0.2, -0.15) is 5.26 Å². The van der Waals surface area contributed by atoms with E-state index in [9.17, 15) is 4.79 Å². The van der Waals surface area contributed by atoms with E-state index in [2.05, 4.69) is 5.32 Å². The Morgan fingerprint density at radius 1 is 1.19 bits per heavy atom. The van der Waals surface area contributed by atoms with Gasteiger partial charge in [-0.1, -0.05) is 12.1 Å². The van der Waals surface area contributed by atoms with Gasteiger partial charge in [0.15, 0.2) is 6.61 Å². The Morgan fingerprint density at radius 3 is 2.50 bits per heavy atom. The topological polar surface area (TPSA) is 75.8 Å². The number of hydrogen-bond donors (Lipinski definition) is 2. The molecule has 0 aromatic heterocycles. The molecule has 0 spiro atoms. The van der Waals surface area contributed by atoms with E-state index in [4.69, 9.17) is 14.7 Å². The van der Waals surface area contributed by atoms with Crippen LogP contribution in [0.15, 0.2) is 48.5 Å². The fraction of sp³-hybridized carbons (Fsp3) is 0.300. The summed E-state index contributed by atoms with van der Waals surface area (Å²) in [6, 6.07) is 16.6. The Hall–Kier alpha value is -3.04. The molecule has 0 saturated heterocycles. The number of para-hydroxylation sites is 1. The van der Waals surface area contributed by atoms with Gasteiger partial charge in [-0.15, -0.1) is 0 Å². The van der Waals surface area contributed by atoms with Gasteiger partial charge in [-0.3, -0.25) is 4.79 Å². The second kappa shape index (κ2) is 9.44. The minimum atomic E-state index is -0.199. The average Bonchev–Trinajstić information content (AvgIpc) is 2.67. The van der Waals surface area contributed by atoms with Gasteiger partial charge < -0.3 is 19.7 Å². The Bertz CT molecular complexity index is 767. The zero-order valence-electron chi connectivity index (χ0n) is 15.3. The standard InChI is InChI=1S/C20H23N3O3/c1-23(2)18(17-6-4-5-7-19(17)25-3)13-22-20(24)14-26-16-10-8-15(12-21)9-11-16/h4-11,18H,13-14H2,1-3H3,(H,22,24)/p+1/t18-/m1/s1. The summed E-state index contributed by atoms with van der Waals surface area (Å²) in [5, 5.41) is 11.7. The third-order valence-electron chi connectivity index (χ3n) is 4.07. The van der Waals surface area contributed by atoms with Crippen molar-refractivity contribution in [1.29, 1.82) is 5.26 Å². The molecule has 2 aromatic carbocycles. The number of carbonyl (C=O) groups excluding carboxylic acids is 1. The number of methoxy groups -OCH3 is 1. The van der Waals surface area contributed by atoms with E-state index in [0.29, 0.717) is 17.9 Å². The molecular weight excluding hydrogens is 330 g/mol. The Balaban J connectivity index is 1.92. The highest BCUT2D eigenvalue weighted by atomic mass is 16.5. The van der Waals surface area contributed by atoms with Crippen molar-refractivity contribution in [3.63, 3.8) is 0 Å². The van der Waals surface area contributed by atoms with Crippen LogP contribution in [0.25, 0.3) is 0 Å². The summed E-state index contributed by atoms with van der Waals surface area (Å²) in [6.07, 6.45) is 0. The lowest BCUT2D eigenvalue weighted by Gasteiger charge is -2.23. The smallest absolute Gasteiger partial charge is 0.258 e. The lowest BCUT2D eigenvalue weighted by molar-refractivity contribution is -0.890. The number of amides is 1. The van der Waals surface area contributed by atoms with Gasteiger partial charge in [-0.05, 0) is 36.4 Å². The molecule has 0 unspecified atom stereocenters. The van der Waals surface area contributed by atoms with Gasteiger partial charge in [0.1, 0.15) is 17.5 Å². The summed E-state index contributed by atoms with van der Waals surface area (Å²) in [5.41, 5.74) is 1.60. The van der Waals surface area contributed by atoms with E-state index in [1.807, 2.05) is 44.4 Å². The van der Waals surface area contributed by atoms with Crippen molar-refractivity contribution in [3.05, 3.63) is 59.7 Å². The Labute approximate surface area is 153 Å². The molecule has 0 fully saturated rings. The van der Waals surface area contributed by atoms with Crippen molar-refractivity contribution in [2.24, 2.45) is 0 Å². The van der Waals surface area contributed by atoms with Crippen molar-refractivity contribution in [2.45, 2.75) is 6.04 Å². The second-order valence-corrected chi connectivity index (χ2v) is 6.10. The van der Waals surface area contributed by atoms with E-state index < -0.39 is 0 Å². The molecule has 0 bridgehead atoms. The van der Waals surface area contributed by atoms with Crippen LogP contribution in [-0.2, 0) is 4.79 Å². The minimum absolute atomic E-state index is 0.0602. The molecule has 2 aromatic rings. The number of carbonyl (C=O) groups is 1. The van der Waals surface area contributed by atoms with Crippen LogP contribution in [-0.4, -0.2) is 40.3 Å². The lowest BCUT2D eigenvalue weighted by Crippen LogP contribution is -3.07. The summed E-state index contributed by atoms with van der Waals surface area (Å²) in [5.74, 6) is 1.16. The van der Waals surface area contributed by atoms with E-state index >= 15 is 0 Å². The fourth-order valence-electron chi connectivity index (χ4n) is 2.62. The maximum Gasteiger partial charge on any atom is 0.258 e. The minimum Gasteiger partial charge on any atom is -0.496 e. The fourth-order valence-corrected chi connectivity index (χ4v) is 2.62. The van der Waals surface area contributed by atoms with Crippen LogP contribution in [0, 0.1) is 11.3 Å². The maximum atomic E-state index is 12.1. The number of quaternary nitrogens is 1. The van der Waals surface area contributed by atoms with Gasteiger partial charge >= 0.3 is 0 Å². The quantitative estimate of drug-likeness (QED) is 0.740. The first-order valence-corrected chi connectivity index (χ1v) is 8.37. The molecule has 1 atom stereocenters. The van der Waals surface area contributed by atoms with Crippen LogP contribution >= 0.6 is 0 Å². The molecule has 6 heteroatoms. The molecule has 0 aliphatic carbocycles. The first-order valence-electron chi connectivity index (χ1n) is 8.37. The summed E-state index contributed by atoms with van der Waals surface area (Å²) >= 11 is 0. The van der Waals surface area contributed by atoms with Crippen molar-refractivity contribution in [3.8, 4) is 17.6 Å². The van der Waals surface area contributed by atoms with Crippen molar-refractivity contribution < 1.29 is 19.2 Å². The van der Waals surface area contributed by atoms with Gasteiger partial charge in [0.2, 0.25) is 0 Å². The zero-order valence-corrected chi connectivity index (χ0v) is 15.3. The third kappa shape index (κ3) is 5.23. The molecule has 1 amide bonds. The number of hydrogen-bond acceptors (Lipinski definition) is 4. The molecule has 0 heterocycles. The molecule has 0 saturated carbocycles. The molecule has 6 nitrogen and oxygen atoms in total. The van der Waals surface area contributed by atoms with Crippen LogP contribution in [0.5, 0.6) is 11.5 Å². The number of ether oxygens (including phenoxy) is 2. The largest absolute Gasteiger partial charge is 0.496 e. The molecular formula is C20H24N3O3+. The average molecular weight is 354 g/mol. The van der Waals surface area contributed by atoms with Crippen LogP contribution in [0.3, 0.4) is 0 Å². The SMILES string of the molecule is COc1ccccc1[C@@H](CNC(=O)COc1ccc(C#N)cc1)[NH+](C)C. The van der Waals surface area contributed by atoms with Crippen molar-refractivity contribution in [2.75, 3.05) is 34.4 Å². The lowest BCUT2D eigenvalue weighted by atomic mass is 10.0.